The van der Waals surface area contributed by atoms with Crippen molar-refractivity contribution in [1.82, 2.24) is 14.5 Å². The van der Waals surface area contributed by atoms with Gasteiger partial charge in [0.15, 0.2) is 0 Å². The number of halogens is 1. The molecule has 0 unspecified atom stereocenters. The summed E-state index contributed by atoms with van der Waals surface area (Å²) in [6, 6.07) is 6.54. The van der Waals surface area contributed by atoms with Gasteiger partial charge < -0.3 is 0 Å². The predicted molar refractivity (Wildman–Crippen MR) is 80.8 cm³/mol. The van der Waals surface area contributed by atoms with E-state index in [1.807, 2.05) is 18.5 Å². The first-order valence-corrected chi connectivity index (χ1v) is 8.48. The van der Waals surface area contributed by atoms with Gasteiger partial charge >= 0.3 is 0 Å². The fourth-order valence-electron chi connectivity index (χ4n) is 1.85. The molecule has 7 heteroatoms. The van der Waals surface area contributed by atoms with Gasteiger partial charge in [0.1, 0.15) is 0 Å². The maximum atomic E-state index is 12.2. The second-order valence-electron chi connectivity index (χ2n) is 4.35. The Morgan fingerprint density at radius 1 is 1.30 bits per heavy atom. The van der Waals surface area contributed by atoms with E-state index in [0.717, 1.165) is 22.3 Å². The van der Waals surface area contributed by atoms with E-state index in [9.17, 15) is 8.42 Å². The first-order chi connectivity index (χ1) is 9.44. The number of benzene rings is 1. The highest BCUT2D eigenvalue weighted by atomic mass is 79.9. The molecule has 0 radical (unpaired) electrons. The lowest BCUT2D eigenvalue weighted by Crippen LogP contribution is -2.23. The van der Waals surface area contributed by atoms with Crippen molar-refractivity contribution >= 4 is 26.0 Å². The summed E-state index contributed by atoms with van der Waals surface area (Å²) in [4.78, 5) is 0.251. The van der Waals surface area contributed by atoms with Crippen LogP contribution in [0.4, 0.5) is 0 Å². The summed E-state index contributed by atoms with van der Waals surface area (Å²) in [5.41, 5.74) is 1.86. The molecule has 0 fully saturated rings. The maximum Gasteiger partial charge on any atom is 0.240 e. The van der Waals surface area contributed by atoms with Crippen molar-refractivity contribution in [3.8, 4) is 0 Å². The normalized spacial score (nSPS) is 11.8. The van der Waals surface area contributed by atoms with Crippen LogP contribution in [0.2, 0.25) is 0 Å². The Balaban J connectivity index is 2.13. The standard InChI is InChI=1S/C13H16BrN3O2S/c1-3-17-10(2)11(8-15-17)9-16-20(18,19)13-6-4-12(14)5-7-13/h4-8,16H,3,9H2,1-2H3. The zero-order valence-electron chi connectivity index (χ0n) is 11.3. The van der Waals surface area contributed by atoms with Gasteiger partial charge in [0.05, 0.1) is 11.1 Å². The second kappa shape index (κ2) is 6.07. The molecule has 0 saturated carbocycles. The Morgan fingerprint density at radius 3 is 2.50 bits per heavy atom. The average molecular weight is 358 g/mol. The third-order valence-corrected chi connectivity index (χ3v) is 5.03. The van der Waals surface area contributed by atoms with E-state index in [1.165, 1.54) is 0 Å². The summed E-state index contributed by atoms with van der Waals surface area (Å²) in [7, 11) is -3.50. The Kier molecular flexibility index (Phi) is 4.62. The molecule has 0 spiro atoms. The minimum absolute atomic E-state index is 0.240. The molecule has 0 bridgehead atoms. The van der Waals surface area contributed by atoms with Crippen molar-refractivity contribution in [2.24, 2.45) is 0 Å². The van der Waals surface area contributed by atoms with E-state index in [0.29, 0.717) is 0 Å². The minimum atomic E-state index is -3.50. The fourth-order valence-corrected chi connectivity index (χ4v) is 3.12. The summed E-state index contributed by atoms with van der Waals surface area (Å²) in [6.45, 7) is 4.94. The van der Waals surface area contributed by atoms with Crippen LogP contribution in [0.25, 0.3) is 0 Å². The number of aryl methyl sites for hydroxylation is 1. The van der Waals surface area contributed by atoms with Gasteiger partial charge in [-0.15, -0.1) is 0 Å². The van der Waals surface area contributed by atoms with Gasteiger partial charge in [-0.1, -0.05) is 15.9 Å². The number of sulfonamides is 1. The molecule has 0 aliphatic carbocycles. The zero-order chi connectivity index (χ0) is 14.8. The zero-order valence-corrected chi connectivity index (χ0v) is 13.7. The smallest absolute Gasteiger partial charge is 0.240 e. The number of hydrogen-bond donors (Lipinski definition) is 1. The van der Waals surface area contributed by atoms with Gasteiger partial charge in [-0.25, -0.2) is 13.1 Å². The molecule has 2 aromatic rings. The van der Waals surface area contributed by atoms with E-state index in [4.69, 9.17) is 0 Å². The van der Waals surface area contributed by atoms with Crippen LogP contribution in [0.1, 0.15) is 18.2 Å². The summed E-state index contributed by atoms with van der Waals surface area (Å²) in [5.74, 6) is 0. The van der Waals surface area contributed by atoms with Gasteiger partial charge in [-0.2, -0.15) is 5.10 Å². The highest BCUT2D eigenvalue weighted by molar-refractivity contribution is 9.10. The predicted octanol–water partition coefficient (Wildman–Crippen LogP) is 2.45. The maximum absolute atomic E-state index is 12.2. The third kappa shape index (κ3) is 3.28. The molecule has 0 amide bonds. The van der Waals surface area contributed by atoms with Crippen LogP contribution in [-0.4, -0.2) is 18.2 Å². The highest BCUT2D eigenvalue weighted by Gasteiger charge is 2.15. The van der Waals surface area contributed by atoms with Crippen molar-refractivity contribution in [1.29, 1.82) is 0 Å². The van der Waals surface area contributed by atoms with E-state index in [1.54, 1.807) is 30.5 Å². The molecule has 5 nitrogen and oxygen atoms in total. The molecule has 108 valence electrons. The van der Waals surface area contributed by atoms with Crippen LogP contribution in [0.5, 0.6) is 0 Å². The number of nitrogens with one attached hydrogen (secondary N) is 1. The quantitative estimate of drug-likeness (QED) is 0.893. The van der Waals surface area contributed by atoms with Gasteiger partial charge in [0.25, 0.3) is 0 Å². The summed E-state index contributed by atoms with van der Waals surface area (Å²) in [6.07, 6.45) is 1.70. The van der Waals surface area contributed by atoms with Crippen molar-refractivity contribution in [3.05, 3.63) is 46.2 Å². The Hall–Kier alpha value is -1.18. The molecule has 1 heterocycles. The van der Waals surface area contributed by atoms with Gasteiger partial charge in [0, 0.05) is 28.8 Å². The van der Waals surface area contributed by atoms with Crippen LogP contribution < -0.4 is 4.72 Å². The Morgan fingerprint density at radius 2 is 1.95 bits per heavy atom. The molecule has 0 aliphatic rings. The van der Waals surface area contributed by atoms with E-state index in [-0.39, 0.29) is 11.4 Å². The topological polar surface area (TPSA) is 64.0 Å². The lowest BCUT2D eigenvalue weighted by atomic mass is 10.3. The molecule has 0 aliphatic heterocycles. The monoisotopic (exact) mass is 357 g/mol. The highest BCUT2D eigenvalue weighted by Crippen LogP contribution is 2.15. The van der Waals surface area contributed by atoms with Crippen LogP contribution >= 0.6 is 15.9 Å². The molecule has 1 N–H and O–H groups in total. The SMILES string of the molecule is CCn1ncc(CNS(=O)(=O)c2ccc(Br)cc2)c1C. The lowest BCUT2D eigenvalue weighted by Gasteiger charge is -2.07. The van der Waals surface area contributed by atoms with Crippen molar-refractivity contribution in [2.75, 3.05) is 0 Å². The van der Waals surface area contributed by atoms with Gasteiger partial charge in [-0.3, -0.25) is 4.68 Å². The van der Waals surface area contributed by atoms with Gasteiger partial charge in [0.2, 0.25) is 10.0 Å². The molecular formula is C13H16BrN3O2S. The van der Waals surface area contributed by atoms with Crippen LogP contribution in [-0.2, 0) is 23.1 Å². The molecule has 1 aromatic heterocycles. The molecule has 0 atom stereocenters. The summed E-state index contributed by atoms with van der Waals surface area (Å²) >= 11 is 3.28. The second-order valence-corrected chi connectivity index (χ2v) is 7.03. The molecule has 20 heavy (non-hydrogen) atoms. The van der Waals surface area contributed by atoms with Crippen molar-refractivity contribution < 1.29 is 8.42 Å². The Labute approximate surface area is 127 Å². The molecule has 2 rings (SSSR count). The molecular weight excluding hydrogens is 342 g/mol. The van der Waals surface area contributed by atoms with E-state index in [2.05, 4.69) is 25.8 Å². The fraction of sp³-hybridized carbons (Fsp3) is 0.308. The number of rotatable bonds is 5. The molecule has 1 aromatic carbocycles. The van der Waals surface area contributed by atoms with Crippen molar-refractivity contribution in [2.45, 2.75) is 31.8 Å². The lowest BCUT2D eigenvalue weighted by molar-refractivity contribution is 0.581. The molecule has 0 saturated heterocycles. The minimum Gasteiger partial charge on any atom is -0.270 e. The van der Waals surface area contributed by atoms with E-state index < -0.39 is 10.0 Å². The Bertz CT molecular complexity index is 693. The first-order valence-electron chi connectivity index (χ1n) is 6.20. The van der Waals surface area contributed by atoms with Gasteiger partial charge in [-0.05, 0) is 38.1 Å². The number of nitrogens with zero attached hydrogens (tertiary/aromatic N) is 2. The van der Waals surface area contributed by atoms with Crippen LogP contribution in [0, 0.1) is 6.92 Å². The first kappa shape index (κ1) is 15.2. The number of aromatic nitrogens is 2. The average Bonchev–Trinajstić information content (AvgIpc) is 2.77. The van der Waals surface area contributed by atoms with Crippen molar-refractivity contribution in [3.63, 3.8) is 0 Å². The number of hydrogen-bond acceptors (Lipinski definition) is 3. The van der Waals surface area contributed by atoms with Crippen LogP contribution in [0.3, 0.4) is 0 Å². The summed E-state index contributed by atoms with van der Waals surface area (Å²) < 4.78 is 29.6. The summed E-state index contributed by atoms with van der Waals surface area (Å²) in [5, 5.41) is 4.19. The largest absolute Gasteiger partial charge is 0.270 e. The van der Waals surface area contributed by atoms with Crippen LogP contribution in [0.15, 0.2) is 39.8 Å². The third-order valence-electron chi connectivity index (χ3n) is 3.08. The van der Waals surface area contributed by atoms with E-state index >= 15 is 0 Å².